The van der Waals surface area contributed by atoms with Crippen LogP contribution in [-0.2, 0) is 12.8 Å². The predicted octanol–water partition coefficient (Wildman–Crippen LogP) is 3.35. The first-order valence-corrected chi connectivity index (χ1v) is 6.20. The molecule has 3 nitrogen and oxygen atoms in total. The number of aryl methyl sites for hydroxylation is 2. The average molecular weight is 228 g/mol. The lowest BCUT2D eigenvalue weighted by Gasteiger charge is -2.00. The molecular weight excluding hydrogens is 212 g/mol. The predicted molar refractivity (Wildman–Crippen MR) is 65.8 cm³/mol. The zero-order valence-electron chi connectivity index (χ0n) is 10.2. The SMILES string of the molecule is CC(C)c1nc(-c2ccc3c(c2)CCC3)no1. The minimum absolute atomic E-state index is 0.283. The van der Waals surface area contributed by atoms with Gasteiger partial charge < -0.3 is 4.52 Å². The van der Waals surface area contributed by atoms with Crippen LogP contribution < -0.4 is 0 Å². The van der Waals surface area contributed by atoms with Crippen LogP contribution in [0.2, 0.25) is 0 Å². The lowest BCUT2D eigenvalue weighted by atomic mass is 10.1. The van der Waals surface area contributed by atoms with E-state index in [4.69, 9.17) is 4.52 Å². The molecular formula is C14H16N2O. The van der Waals surface area contributed by atoms with E-state index in [2.05, 4.69) is 42.2 Å². The molecule has 2 aromatic rings. The third-order valence-corrected chi connectivity index (χ3v) is 3.29. The van der Waals surface area contributed by atoms with Crippen LogP contribution in [0.1, 0.15) is 43.2 Å². The smallest absolute Gasteiger partial charge is 0.229 e. The molecule has 0 fully saturated rings. The summed E-state index contributed by atoms with van der Waals surface area (Å²) < 4.78 is 5.24. The molecule has 0 saturated carbocycles. The topological polar surface area (TPSA) is 38.9 Å². The second-order valence-corrected chi connectivity index (χ2v) is 4.95. The third kappa shape index (κ3) is 1.86. The van der Waals surface area contributed by atoms with Crippen molar-refractivity contribution in [3.8, 4) is 11.4 Å². The number of benzene rings is 1. The molecule has 0 spiro atoms. The molecule has 0 unspecified atom stereocenters. The molecule has 0 amide bonds. The van der Waals surface area contributed by atoms with Gasteiger partial charge in [0.25, 0.3) is 0 Å². The largest absolute Gasteiger partial charge is 0.339 e. The Balaban J connectivity index is 1.97. The number of rotatable bonds is 2. The number of aromatic nitrogens is 2. The molecule has 1 heterocycles. The summed E-state index contributed by atoms with van der Waals surface area (Å²) in [5.41, 5.74) is 3.99. The first-order chi connectivity index (χ1) is 8.24. The average Bonchev–Trinajstić information content (AvgIpc) is 2.97. The monoisotopic (exact) mass is 228 g/mol. The Morgan fingerprint density at radius 2 is 2.00 bits per heavy atom. The molecule has 0 aliphatic heterocycles. The summed E-state index contributed by atoms with van der Waals surface area (Å²) in [6.07, 6.45) is 3.65. The first-order valence-electron chi connectivity index (χ1n) is 6.20. The maximum absolute atomic E-state index is 5.24. The van der Waals surface area contributed by atoms with Crippen LogP contribution in [0.4, 0.5) is 0 Å². The van der Waals surface area contributed by atoms with Crippen molar-refractivity contribution in [3.05, 3.63) is 35.2 Å². The summed E-state index contributed by atoms with van der Waals surface area (Å²) in [4.78, 5) is 4.43. The molecule has 1 aromatic carbocycles. The standard InChI is InChI=1S/C14H16N2O/c1-9(2)14-15-13(16-17-14)12-7-6-10-4-3-5-11(10)8-12/h6-9H,3-5H2,1-2H3. The van der Waals surface area contributed by atoms with Gasteiger partial charge in [-0.05, 0) is 36.5 Å². The van der Waals surface area contributed by atoms with Crippen molar-refractivity contribution in [2.45, 2.75) is 39.0 Å². The van der Waals surface area contributed by atoms with E-state index in [1.165, 1.54) is 30.4 Å². The van der Waals surface area contributed by atoms with E-state index in [9.17, 15) is 0 Å². The maximum atomic E-state index is 5.24. The first kappa shape index (κ1) is 10.5. The number of hydrogen-bond donors (Lipinski definition) is 0. The number of nitrogens with zero attached hydrogens (tertiary/aromatic N) is 2. The molecule has 88 valence electrons. The van der Waals surface area contributed by atoms with Gasteiger partial charge in [0.2, 0.25) is 11.7 Å². The van der Waals surface area contributed by atoms with Gasteiger partial charge in [-0.25, -0.2) is 0 Å². The van der Waals surface area contributed by atoms with E-state index < -0.39 is 0 Å². The fraction of sp³-hybridized carbons (Fsp3) is 0.429. The quantitative estimate of drug-likeness (QED) is 0.791. The van der Waals surface area contributed by atoms with E-state index in [-0.39, 0.29) is 5.92 Å². The zero-order valence-corrected chi connectivity index (χ0v) is 10.2. The van der Waals surface area contributed by atoms with Crippen LogP contribution in [0, 0.1) is 0 Å². The van der Waals surface area contributed by atoms with E-state index in [1.807, 2.05) is 0 Å². The molecule has 0 bridgehead atoms. The Morgan fingerprint density at radius 1 is 1.18 bits per heavy atom. The van der Waals surface area contributed by atoms with Crippen LogP contribution in [0.3, 0.4) is 0 Å². The summed E-state index contributed by atoms with van der Waals surface area (Å²) in [5, 5.41) is 4.05. The fourth-order valence-corrected chi connectivity index (χ4v) is 2.30. The Labute approximate surface area is 101 Å². The highest BCUT2D eigenvalue weighted by atomic mass is 16.5. The van der Waals surface area contributed by atoms with Crippen molar-refractivity contribution in [2.24, 2.45) is 0 Å². The normalized spacial score (nSPS) is 14.3. The van der Waals surface area contributed by atoms with Crippen LogP contribution in [0.15, 0.2) is 22.7 Å². The van der Waals surface area contributed by atoms with Crippen molar-refractivity contribution in [2.75, 3.05) is 0 Å². The Hall–Kier alpha value is -1.64. The van der Waals surface area contributed by atoms with Crippen molar-refractivity contribution in [1.29, 1.82) is 0 Å². The van der Waals surface area contributed by atoms with Crippen LogP contribution >= 0.6 is 0 Å². The van der Waals surface area contributed by atoms with Gasteiger partial charge in [0.1, 0.15) is 0 Å². The molecule has 0 atom stereocenters. The third-order valence-electron chi connectivity index (χ3n) is 3.29. The number of hydrogen-bond acceptors (Lipinski definition) is 3. The Kier molecular flexibility index (Phi) is 2.46. The second kappa shape index (κ2) is 3.99. The van der Waals surface area contributed by atoms with Gasteiger partial charge in [-0.15, -0.1) is 0 Å². The summed E-state index contributed by atoms with van der Waals surface area (Å²) in [6.45, 7) is 4.11. The van der Waals surface area contributed by atoms with E-state index >= 15 is 0 Å². The van der Waals surface area contributed by atoms with Crippen molar-refractivity contribution >= 4 is 0 Å². The summed E-state index contributed by atoms with van der Waals surface area (Å²) in [7, 11) is 0. The Morgan fingerprint density at radius 3 is 2.76 bits per heavy atom. The van der Waals surface area contributed by atoms with E-state index in [0.717, 1.165) is 5.56 Å². The summed E-state index contributed by atoms with van der Waals surface area (Å²) in [6, 6.07) is 6.50. The summed E-state index contributed by atoms with van der Waals surface area (Å²) >= 11 is 0. The van der Waals surface area contributed by atoms with Crippen LogP contribution in [0.5, 0.6) is 0 Å². The van der Waals surface area contributed by atoms with Gasteiger partial charge in [0, 0.05) is 11.5 Å². The summed E-state index contributed by atoms with van der Waals surface area (Å²) in [5.74, 6) is 1.70. The van der Waals surface area contributed by atoms with Gasteiger partial charge >= 0.3 is 0 Å². The molecule has 0 saturated heterocycles. The Bertz CT molecular complexity index is 543. The second-order valence-electron chi connectivity index (χ2n) is 4.95. The lowest BCUT2D eigenvalue weighted by Crippen LogP contribution is -1.88. The zero-order chi connectivity index (χ0) is 11.8. The minimum Gasteiger partial charge on any atom is -0.339 e. The highest BCUT2D eigenvalue weighted by Crippen LogP contribution is 2.27. The van der Waals surface area contributed by atoms with Gasteiger partial charge in [0.05, 0.1) is 0 Å². The fourth-order valence-electron chi connectivity index (χ4n) is 2.30. The highest BCUT2D eigenvalue weighted by molar-refractivity contribution is 5.57. The van der Waals surface area contributed by atoms with Gasteiger partial charge in [-0.1, -0.05) is 31.1 Å². The van der Waals surface area contributed by atoms with Crippen molar-refractivity contribution < 1.29 is 4.52 Å². The molecule has 1 aromatic heterocycles. The van der Waals surface area contributed by atoms with Gasteiger partial charge in [0.15, 0.2) is 0 Å². The molecule has 3 rings (SSSR count). The van der Waals surface area contributed by atoms with E-state index in [1.54, 1.807) is 0 Å². The van der Waals surface area contributed by atoms with Gasteiger partial charge in [-0.3, -0.25) is 0 Å². The highest BCUT2D eigenvalue weighted by Gasteiger charge is 2.15. The van der Waals surface area contributed by atoms with E-state index in [0.29, 0.717) is 11.7 Å². The molecule has 1 aliphatic rings. The molecule has 1 aliphatic carbocycles. The molecule has 0 N–H and O–H groups in total. The van der Waals surface area contributed by atoms with Crippen molar-refractivity contribution in [1.82, 2.24) is 10.1 Å². The molecule has 0 radical (unpaired) electrons. The van der Waals surface area contributed by atoms with Crippen molar-refractivity contribution in [3.63, 3.8) is 0 Å². The minimum atomic E-state index is 0.283. The van der Waals surface area contributed by atoms with Crippen LogP contribution in [-0.4, -0.2) is 10.1 Å². The maximum Gasteiger partial charge on any atom is 0.229 e. The molecule has 17 heavy (non-hydrogen) atoms. The van der Waals surface area contributed by atoms with Gasteiger partial charge in [-0.2, -0.15) is 4.98 Å². The lowest BCUT2D eigenvalue weighted by molar-refractivity contribution is 0.365. The molecule has 3 heteroatoms. The van der Waals surface area contributed by atoms with Crippen LogP contribution in [0.25, 0.3) is 11.4 Å². The number of fused-ring (bicyclic) bond motifs is 1.